The van der Waals surface area contributed by atoms with Crippen molar-refractivity contribution in [3.8, 4) is 0 Å². The summed E-state index contributed by atoms with van der Waals surface area (Å²) in [6.07, 6.45) is 0. The van der Waals surface area contributed by atoms with Gasteiger partial charge in [0.1, 0.15) is 0 Å². The smallest absolute Gasteiger partial charge is 0.228 e. The van der Waals surface area contributed by atoms with E-state index >= 15 is 0 Å². The zero-order chi connectivity index (χ0) is 9.96. The second kappa shape index (κ2) is 2.28. The highest BCUT2D eigenvalue weighted by Gasteiger charge is 2.60. The molecule has 2 rings (SSSR count). The minimum atomic E-state index is 0.263. The van der Waals surface area contributed by atoms with Crippen LogP contribution in [0, 0.1) is 17.3 Å². The monoisotopic (exact) mass is 181 g/mol. The van der Waals surface area contributed by atoms with Gasteiger partial charge in [0.05, 0.1) is 5.92 Å². The Morgan fingerprint density at radius 3 is 2.23 bits per heavy atom. The molecule has 2 fully saturated rings. The SMILES string of the molecule is CC1C(=O)N2C1C(C)C(C)(C)C2C. The van der Waals surface area contributed by atoms with Crippen molar-refractivity contribution in [2.45, 2.75) is 46.7 Å². The van der Waals surface area contributed by atoms with E-state index in [1.807, 2.05) is 0 Å². The van der Waals surface area contributed by atoms with Crippen molar-refractivity contribution in [3.63, 3.8) is 0 Å². The van der Waals surface area contributed by atoms with E-state index in [-0.39, 0.29) is 11.3 Å². The molecule has 0 spiro atoms. The number of β-lactam (4-membered cyclic amide) rings is 1. The number of hydrogen-bond acceptors (Lipinski definition) is 1. The van der Waals surface area contributed by atoms with Crippen LogP contribution in [0.5, 0.6) is 0 Å². The number of fused-ring (bicyclic) bond motifs is 1. The van der Waals surface area contributed by atoms with Crippen LogP contribution in [0.3, 0.4) is 0 Å². The topological polar surface area (TPSA) is 20.3 Å². The standard InChI is InChI=1S/C11H19NO/c1-6-9-7(2)11(4,5)8(3)12(9)10(6)13/h6-9H,1-5H3. The Labute approximate surface area is 80.3 Å². The molecule has 2 heterocycles. The van der Waals surface area contributed by atoms with E-state index in [0.29, 0.717) is 23.9 Å². The predicted molar refractivity (Wildman–Crippen MR) is 52.2 cm³/mol. The van der Waals surface area contributed by atoms with Gasteiger partial charge in [-0.25, -0.2) is 0 Å². The first-order valence-corrected chi connectivity index (χ1v) is 5.21. The molecule has 0 aromatic carbocycles. The van der Waals surface area contributed by atoms with Crippen LogP contribution >= 0.6 is 0 Å². The quantitative estimate of drug-likeness (QED) is 0.523. The van der Waals surface area contributed by atoms with Gasteiger partial charge in [0.25, 0.3) is 0 Å². The van der Waals surface area contributed by atoms with E-state index in [1.165, 1.54) is 0 Å². The average molecular weight is 181 g/mol. The molecular weight excluding hydrogens is 162 g/mol. The van der Waals surface area contributed by atoms with Crippen molar-refractivity contribution in [2.75, 3.05) is 0 Å². The summed E-state index contributed by atoms with van der Waals surface area (Å²) < 4.78 is 0. The Kier molecular flexibility index (Phi) is 1.59. The van der Waals surface area contributed by atoms with Crippen LogP contribution in [0.2, 0.25) is 0 Å². The summed E-state index contributed by atoms with van der Waals surface area (Å²) in [6.45, 7) is 11.1. The lowest BCUT2D eigenvalue weighted by Crippen LogP contribution is -2.59. The van der Waals surface area contributed by atoms with Crippen LogP contribution in [0.1, 0.15) is 34.6 Å². The van der Waals surface area contributed by atoms with Crippen LogP contribution in [0.25, 0.3) is 0 Å². The van der Waals surface area contributed by atoms with E-state index in [4.69, 9.17) is 0 Å². The minimum absolute atomic E-state index is 0.263. The maximum absolute atomic E-state index is 11.6. The average Bonchev–Trinajstić information content (AvgIpc) is 2.23. The summed E-state index contributed by atoms with van der Waals surface area (Å²) in [5, 5.41) is 0. The third-order valence-corrected chi connectivity index (χ3v) is 4.66. The maximum Gasteiger partial charge on any atom is 0.228 e. The van der Waals surface area contributed by atoms with E-state index < -0.39 is 0 Å². The lowest BCUT2D eigenvalue weighted by atomic mass is 9.73. The molecule has 2 aliphatic rings. The number of rotatable bonds is 0. The number of amides is 1. The van der Waals surface area contributed by atoms with Crippen molar-refractivity contribution in [1.82, 2.24) is 4.90 Å². The zero-order valence-corrected chi connectivity index (χ0v) is 9.16. The molecule has 0 N–H and O–H groups in total. The molecule has 0 radical (unpaired) electrons. The van der Waals surface area contributed by atoms with Crippen LogP contribution in [-0.2, 0) is 4.79 Å². The van der Waals surface area contributed by atoms with Crippen molar-refractivity contribution in [2.24, 2.45) is 17.3 Å². The van der Waals surface area contributed by atoms with Crippen molar-refractivity contribution >= 4 is 5.91 Å². The van der Waals surface area contributed by atoms with Crippen LogP contribution < -0.4 is 0 Å². The van der Waals surface area contributed by atoms with Gasteiger partial charge in [-0.15, -0.1) is 0 Å². The van der Waals surface area contributed by atoms with E-state index in [2.05, 4.69) is 39.5 Å². The molecule has 0 aromatic rings. The van der Waals surface area contributed by atoms with Crippen LogP contribution in [0.4, 0.5) is 0 Å². The fraction of sp³-hybridized carbons (Fsp3) is 0.909. The molecule has 4 unspecified atom stereocenters. The molecule has 0 bridgehead atoms. The third kappa shape index (κ3) is 0.818. The molecule has 1 amide bonds. The zero-order valence-electron chi connectivity index (χ0n) is 9.16. The summed E-state index contributed by atoms with van der Waals surface area (Å²) in [5.74, 6) is 1.25. The number of carbonyl (C=O) groups is 1. The lowest BCUT2D eigenvalue weighted by molar-refractivity contribution is -0.155. The van der Waals surface area contributed by atoms with Crippen molar-refractivity contribution in [1.29, 1.82) is 0 Å². The Morgan fingerprint density at radius 1 is 1.23 bits per heavy atom. The second-order valence-electron chi connectivity index (χ2n) is 5.31. The van der Waals surface area contributed by atoms with Gasteiger partial charge in [-0.1, -0.05) is 27.7 Å². The Hall–Kier alpha value is -0.530. The molecule has 13 heavy (non-hydrogen) atoms. The maximum atomic E-state index is 11.6. The molecule has 2 aliphatic heterocycles. The van der Waals surface area contributed by atoms with Crippen molar-refractivity contribution < 1.29 is 4.79 Å². The van der Waals surface area contributed by atoms with Gasteiger partial charge in [0, 0.05) is 12.1 Å². The van der Waals surface area contributed by atoms with Gasteiger partial charge in [-0.05, 0) is 18.3 Å². The van der Waals surface area contributed by atoms with Gasteiger partial charge in [-0.3, -0.25) is 4.79 Å². The molecule has 2 heteroatoms. The highest BCUT2D eigenvalue weighted by atomic mass is 16.2. The van der Waals surface area contributed by atoms with Gasteiger partial charge >= 0.3 is 0 Å². The van der Waals surface area contributed by atoms with Gasteiger partial charge in [0.2, 0.25) is 5.91 Å². The molecule has 2 saturated heterocycles. The number of nitrogens with zero attached hydrogens (tertiary/aromatic N) is 1. The van der Waals surface area contributed by atoms with Gasteiger partial charge < -0.3 is 4.90 Å². The van der Waals surface area contributed by atoms with E-state index in [1.54, 1.807) is 0 Å². The molecule has 0 aromatic heterocycles. The fourth-order valence-corrected chi connectivity index (χ4v) is 2.99. The highest BCUT2D eigenvalue weighted by molar-refractivity contribution is 5.87. The Bertz CT molecular complexity index is 259. The first kappa shape index (κ1) is 9.04. The third-order valence-electron chi connectivity index (χ3n) is 4.66. The molecule has 0 saturated carbocycles. The normalized spacial score (nSPS) is 47.5. The van der Waals surface area contributed by atoms with Crippen molar-refractivity contribution in [3.05, 3.63) is 0 Å². The first-order chi connectivity index (χ1) is 5.89. The van der Waals surface area contributed by atoms with Crippen LogP contribution in [0.15, 0.2) is 0 Å². The summed E-state index contributed by atoms with van der Waals surface area (Å²) >= 11 is 0. The molecule has 74 valence electrons. The highest BCUT2D eigenvalue weighted by Crippen LogP contribution is 2.52. The summed E-state index contributed by atoms with van der Waals surface area (Å²) in [4.78, 5) is 13.7. The van der Waals surface area contributed by atoms with Gasteiger partial charge in [0.15, 0.2) is 0 Å². The molecule has 0 aliphatic carbocycles. The summed E-state index contributed by atoms with van der Waals surface area (Å²) in [6, 6.07) is 0.925. The molecule has 2 nitrogen and oxygen atoms in total. The summed E-state index contributed by atoms with van der Waals surface area (Å²) in [7, 11) is 0. The Morgan fingerprint density at radius 2 is 1.77 bits per heavy atom. The fourth-order valence-electron chi connectivity index (χ4n) is 2.99. The van der Waals surface area contributed by atoms with Crippen LogP contribution in [-0.4, -0.2) is 22.9 Å². The van der Waals surface area contributed by atoms with Gasteiger partial charge in [-0.2, -0.15) is 0 Å². The number of hydrogen-bond donors (Lipinski definition) is 0. The largest absolute Gasteiger partial charge is 0.335 e. The lowest BCUT2D eigenvalue weighted by Gasteiger charge is -2.44. The second-order valence-corrected chi connectivity index (χ2v) is 5.31. The van der Waals surface area contributed by atoms with E-state index in [9.17, 15) is 4.79 Å². The molecule has 4 atom stereocenters. The number of carbonyl (C=O) groups excluding carboxylic acids is 1. The van der Waals surface area contributed by atoms with E-state index in [0.717, 1.165) is 0 Å². The summed E-state index contributed by atoms with van der Waals surface area (Å²) in [5.41, 5.74) is 0.283. The first-order valence-electron chi connectivity index (χ1n) is 5.21. The predicted octanol–water partition coefficient (Wildman–Crippen LogP) is 1.90. The molecular formula is C11H19NO. The Balaban J connectivity index is 2.33. The minimum Gasteiger partial charge on any atom is -0.335 e.